The number of carbonyl (C=O) groups excluding carboxylic acids is 1. The molecule has 3 aromatic rings. The fraction of sp³-hybridized carbons (Fsp3) is 0.250. The van der Waals surface area contributed by atoms with Gasteiger partial charge < -0.3 is 14.1 Å². The third-order valence-electron chi connectivity index (χ3n) is 4.07. The summed E-state index contributed by atoms with van der Waals surface area (Å²) in [4.78, 5) is 31.0. The molecule has 0 saturated heterocycles. The number of hydrogen-bond acceptors (Lipinski definition) is 5. The van der Waals surface area contributed by atoms with Crippen LogP contribution in [0.5, 0.6) is 0 Å². The molecule has 1 unspecified atom stereocenters. The Morgan fingerprint density at radius 3 is 3.00 bits per heavy atom. The number of hydrogen-bond donors (Lipinski definition) is 1. The van der Waals surface area contributed by atoms with E-state index in [1.165, 1.54) is 0 Å². The lowest BCUT2D eigenvalue weighted by Crippen LogP contribution is -2.22. The molecule has 1 atom stereocenters. The Balaban J connectivity index is 1.73. The quantitative estimate of drug-likeness (QED) is 0.782. The number of fused-ring (bicyclic) bond motifs is 1. The van der Waals surface area contributed by atoms with E-state index in [9.17, 15) is 9.59 Å². The molecule has 0 saturated carbocycles. The minimum Gasteiger partial charge on any atom is -0.337 e. The zero-order chi connectivity index (χ0) is 16.0. The highest BCUT2D eigenvalue weighted by Gasteiger charge is 2.29. The average molecular weight is 310 g/mol. The molecule has 4 heterocycles. The fourth-order valence-electron chi connectivity index (χ4n) is 2.91. The predicted molar refractivity (Wildman–Crippen MR) is 81.2 cm³/mol. The Hall–Kier alpha value is -2.96. The van der Waals surface area contributed by atoms with Crippen molar-refractivity contribution in [1.82, 2.24) is 19.7 Å². The van der Waals surface area contributed by atoms with Crippen molar-refractivity contribution >= 4 is 5.78 Å². The molecule has 23 heavy (non-hydrogen) atoms. The second-order valence-corrected chi connectivity index (χ2v) is 5.62. The zero-order valence-corrected chi connectivity index (χ0v) is 12.4. The summed E-state index contributed by atoms with van der Waals surface area (Å²) < 4.78 is 7.21. The van der Waals surface area contributed by atoms with Crippen molar-refractivity contribution in [3.05, 3.63) is 58.1 Å². The SMILES string of the molecule is Cc1ccc(-c2noc(C3CCC(=O)c4cccn43)n2)c(=O)[nH]1. The van der Waals surface area contributed by atoms with Gasteiger partial charge in [-0.05, 0) is 37.6 Å². The van der Waals surface area contributed by atoms with Crippen LogP contribution in [0.15, 0.2) is 39.8 Å². The molecule has 116 valence electrons. The number of H-pyrrole nitrogens is 1. The molecule has 0 bridgehead atoms. The smallest absolute Gasteiger partial charge is 0.259 e. The van der Waals surface area contributed by atoms with Crippen molar-refractivity contribution in [3.63, 3.8) is 0 Å². The van der Waals surface area contributed by atoms with Crippen LogP contribution in [0.3, 0.4) is 0 Å². The van der Waals surface area contributed by atoms with E-state index >= 15 is 0 Å². The molecule has 0 aliphatic carbocycles. The minimum atomic E-state index is -0.252. The number of nitrogens with zero attached hydrogens (tertiary/aromatic N) is 3. The van der Waals surface area contributed by atoms with Crippen LogP contribution in [0.4, 0.5) is 0 Å². The molecule has 0 amide bonds. The third-order valence-corrected chi connectivity index (χ3v) is 4.07. The number of carbonyl (C=O) groups is 1. The number of rotatable bonds is 2. The summed E-state index contributed by atoms with van der Waals surface area (Å²) in [6.07, 6.45) is 2.88. The van der Waals surface area contributed by atoms with E-state index < -0.39 is 0 Å². The standard InChI is InChI=1S/C16H14N4O3/c1-9-4-5-10(15(22)17-9)14-18-16(23-19-14)12-6-7-13(21)11-3-2-8-20(11)12/h2-5,8,12H,6-7H2,1H3,(H,17,22). The summed E-state index contributed by atoms with van der Waals surface area (Å²) in [7, 11) is 0. The van der Waals surface area contributed by atoms with Crippen molar-refractivity contribution in [2.75, 3.05) is 0 Å². The fourth-order valence-corrected chi connectivity index (χ4v) is 2.91. The molecule has 1 aliphatic rings. The summed E-state index contributed by atoms with van der Waals surface area (Å²) in [5.74, 6) is 0.776. The van der Waals surface area contributed by atoms with Crippen LogP contribution in [0, 0.1) is 6.92 Å². The summed E-state index contributed by atoms with van der Waals surface area (Å²) in [5.41, 5.74) is 1.53. The van der Waals surface area contributed by atoms with Gasteiger partial charge >= 0.3 is 0 Å². The Morgan fingerprint density at radius 1 is 1.30 bits per heavy atom. The van der Waals surface area contributed by atoms with Crippen LogP contribution >= 0.6 is 0 Å². The van der Waals surface area contributed by atoms with Gasteiger partial charge in [-0.15, -0.1) is 0 Å². The van der Waals surface area contributed by atoms with E-state index in [0.717, 1.165) is 5.69 Å². The van der Waals surface area contributed by atoms with Gasteiger partial charge in [0.1, 0.15) is 6.04 Å². The molecule has 0 radical (unpaired) electrons. The van der Waals surface area contributed by atoms with Crippen LogP contribution in [0.25, 0.3) is 11.4 Å². The lowest BCUT2D eigenvalue weighted by molar-refractivity contribution is 0.0943. The zero-order valence-electron chi connectivity index (χ0n) is 12.4. The summed E-state index contributed by atoms with van der Waals surface area (Å²) >= 11 is 0. The lowest BCUT2D eigenvalue weighted by Gasteiger charge is -2.22. The van der Waals surface area contributed by atoms with Gasteiger partial charge in [-0.25, -0.2) is 0 Å². The van der Waals surface area contributed by atoms with Gasteiger partial charge in [0, 0.05) is 18.3 Å². The van der Waals surface area contributed by atoms with Gasteiger partial charge in [-0.2, -0.15) is 4.98 Å². The van der Waals surface area contributed by atoms with E-state index in [4.69, 9.17) is 4.52 Å². The van der Waals surface area contributed by atoms with E-state index in [2.05, 4.69) is 15.1 Å². The van der Waals surface area contributed by atoms with Crippen LogP contribution in [-0.4, -0.2) is 25.5 Å². The molecule has 3 aromatic heterocycles. The Kier molecular flexibility index (Phi) is 3.00. The first-order chi connectivity index (χ1) is 11.1. The third kappa shape index (κ3) is 2.21. The maximum absolute atomic E-state index is 12.0. The Labute approximate surface area is 131 Å². The van der Waals surface area contributed by atoms with Crippen LogP contribution in [0.2, 0.25) is 0 Å². The summed E-state index contributed by atoms with van der Waals surface area (Å²) in [6.45, 7) is 1.81. The van der Waals surface area contributed by atoms with Gasteiger partial charge in [-0.1, -0.05) is 5.16 Å². The first-order valence-corrected chi connectivity index (χ1v) is 7.37. The molecule has 0 fully saturated rings. The van der Waals surface area contributed by atoms with E-state index in [1.807, 2.05) is 16.8 Å². The van der Waals surface area contributed by atoms with Crippen LogP contribution in [0.1, 0.15) is 41.0 Å². The van der Waals surface area contributed by atoms with Gasteiger partial charge in [0.15, 0.2) is 5.78 Å². The Bertz CT molecular complexity index is 950. The number of Topliss-reactive ketones (excluding diaryl/α,β-unsaturated/α-hetero) is 1. The van der Waals surface area contributed by atoms with Crippen molar-refractivity contribution in [3.8, 4) is 11.4 Å². The number of aromatic nitrogens is 4. The summed E-state index contributed by atoms with van der Waals surface area (Å²) in [6, 6.07) is 6.90. The van der Waals surface area contributed by atoms with Crippen LogP contribution < -0.4 is 5.56 Å². The molecule has 4 rings (SSSR count). The molecule has 1 aliphatic heterocycles. The van der Waals surface area contributed by atoms with Gasteiger partial charge in [0.05, 0.1) is 11.3 Å². The maximum Gasteiger partial charge on any atom is 0.259 e. The highest BCUT2D eigenvalue weighted by atomic mass is 16.5. The summed E-state index contributed by atoms with van der Waals surface area (Å²) in [5, 5.41) is 3.92. The largest absolute Gasteiger partial charge is 0.337 e. The van der Waals surface area contributed by atoms with Crippen molar-refractivity contribution in [2.45, 2.75) is 25.8 Å². The van der Waals surface area contributed by atoms with Crippen LogP contribution in [-0.2, 0) is 0 Å². The van der Waals surface area contributed by atoms with Crippen molar-refractivity contribution in [2.24, 2.45) is 0 Å². The van der Waals surface area contributed by atoms with Gasteiger partial charge in [0.2, 0.25) is 11.7 Å². The first kappa shape index (κ1) is 13.7. The molecule has 7 heteroatoms. The molecule has 1 N–H and O–H groups in total. The molecule has 7 nitrogen and oxygen atoms in total. The molecular formula is C16H14N4O3. The monoisotopic (exact) mass is 310 g/mol. The predicted octanol–water partition coefficient (Wildman–Crippen LogP) is 2.10. The maximum atomic E-state index is 12.0. The number of aromatic amines is 1. The normalized spacial score (nSPS) is 17.3. The Morgan fingerprint density at radius 2 is 2.17 bits per heavy atom. The van der Waals surface area contributed by atoms with Crippen molar-refractivity contribution in [1.29, 1.82) is 0 Å². The van der Waals surface area contributed by atoms with Gasteiger partial charge in [-0.3, -0.25) is 9.59 Å². The average Bonchev–Trinajstić information content (AvgIpc) is 3.17. The van der Waals surface area contributed by atoms with E-state index in [0.29, 0.717) is 30.0 Å². The van der Waals surface area contributed by atoms with E-state index in [1.54, 1.807) is 25.1 Å². The highest BCUT2D eigenvalue weighted by molar-refractivity contribution is 5.95. The van der Waals surface area contributed by atoms with E-state index in [-0.39, 0.29) is 23.2 Å². The molecule has 0 aromatic carbocycles. The molecule has 0 spiro atoms. The second-order valence-electron chi connectivity index (χ2n) is 5.62. The first-order valence-electron chi connectivity index (χ1n) is 7.37. The van der Waals surface area contributed by atoms with Crippen molar-refractivity contribution < 1.29 is 9.32 Å². The van der Waals surface area contributed by atoms with Gasteiger partial charge in [0.25, 0.3) is 5.56 Å². The second kappa shape index (κ2) is 5.05. The number of ketones is 1. The number of nitrogens with one attached hydrogen (secondary N) is 1. The topological polar surface area (TPSA) is 93.8 Å². The minimum absolute atomic E-state index is 0.112. The lowest BCUT2D eigenvalue weighted by atomic mass is 10.0. The highest BCUT2D eigenvalue weighted by Crippen LogP contribution is 2.30. The molecular weight excluding hydrogens is 296 g/mol. The number of aryl methyl sites for hydroxylation is 1. The number of pyridine rings is 1.